The third-order valence-corrected chi connectivity index (χ3v) is 6.28. The number of ether oxygens (including phenoxy) is 1. The first-order valence-electron chi connectivity index (χ1n) is 8.59. The number of benzene rings is 1. The number of nitro groups is 1. The first kappa shape index (κ1) is 18.8. The molecule has 0 radical (unpaired) electrons. The van der Waals surface area contributed by atoms with Gasteiger partial charge in [0.25, 0.3) is 11.6 Å². The van der Waals surface area contributed by atoms with E-state index in [1.54, 1.807) is 6.92 Å². The molecule has 1 aliphatic carbocycles. The number of nitro benzene ring substituents is 1. The lowest BCUT2D eigenvalue weighted by Crippen LogP contribution is -2.57. The first-order valence-corrected chi connectivity index (χ1v) is 8.59. The van der Waals surface area contributed by atoms with Crippen LogP contribution in [0.5, 0.6) is 0 Å². The lowest BCUT2D eigenvalue weighted by atomic mass is 9.66. The standard InChI is InChI=1S/C18H21N3O6/c1-16(2)17(3)8-9-18(16,27-15(17)24)14(23)20-19-13(22)10-11-4-6-12(7-5-11)21(25)26/h4-7H,8-10H2,1-3H3,(H,19,22)(H,20,23). The summed E-state index contributed by atoms with van der Waals surface area (Å²) >= 11 is 0. The van der Waals surface area contributed by atoms with Crippen LogP contribution in [0.3, 0.4) is 0 Å². The third-order valence-electron chi connectivity index (χ3n) is 6.28. The predicted octanol–water partition coefficient (Wildman–Crippen LogP) is 1.41. The van der Waals surface area contributed by atoms with Gasteiger partial charge in [-0.3, -0.25) is 35.3 Å². The van der Waals surface area contributed by atoms with Crippen LogP contribution in [0.25, 0.3) is 0 Å². The van der Waals surface area contributed by atoms with E-state index in [4.69, 9.17) is 4.74 Å². The van der Waals surface area contributed by atoms with E-state index >= 15 is 0 Å². The van der Waals surface area contributed by atoms with E-state index < -0.39 is 39.1 Å². The molecule has 2 unspecified atom stereocenters. The number of hydrogen-bond acceptors (Lipinski definition) is 6. The lowest BCUT2D eigenvalue weighted by Gasteiger charge is -2.35. The molecule has 144 valence electrons. The molecular weight excluding hydrogens is 354 g/mol. The molecule has 0 aromatic heterocycles. The maximum Gasteiger partial charge on any atom is 0.313 e. The highest BCUT2D eigenvalue weighted by molar-refractivity contribution is 5.97. The molecule has 1 heterocycles. The molecule has 2 fully saturated rings. The largest absolute Gasteiger partial charge is 0.448 e. The van der Waals surface area contributed by atoms with Gasteiger partial charge in [-0.25, -0.2) is 0 Å². The number of carbonyl (C=O) groups excluding carboxylic acids is 3. The van der Waals surface area contributed by atoms with Crippen molar-refractivity contribution in [3.63, 3.8) is 0 Å². The van der Waals surface area contributed by atoms with Gasteiger partial charge < -0.3 is 4.74 Å². The van der Waals surface area contributed by atoms with Gasteiger partial charge in [0, 0.05) is 17.5 Å². The maximum atomic E-state index is 12.7. The molecule has 9 heteroatoms. The smallest absolute Gasteiger partial charge is 0.313 e. The van der Waals surface area contributed by atoms with Crippen LogP contribution in [-0.2, 0) is 25.5 Å². The Morgan fingerprint density at radius 2 is 1.78 bits per heavy atom. The molecule has 1 aromatic rings. The minimum atomic E-state index is -1.31. The van der Waals surface area contributed by atoms with E-state index in [0.29, 0.717) is 18.4 Å². The lowest BCUT2D eigenvalue weighted by molar-refractivity contribution is -0.384. The van der Waals surface area contributed by atoms with E-state index in [-0.39, 0.29) is 12.1 Å². The zero-order valence-corrected chi connectivity index (χ0v) is 15.3. The number of hydrazine groups is 1. The first-order chi connectivity index (χ1) is 12.5. The van der Waals surface area contributed by atoms with Gasteiger partial charge in [0.15, 0.2) is 5.60 Å². The molecule has 1 aliphatic heterocycles. The summed E-state index contributed by atoms with van der Waals surface area (Å²) in [4.78, 5) is 47.1. The van der Waals surface area contributed by atoms with E-state index in [1.807, 2.05) is 13.8 Å². The second-order valence-corrected chi connectivity index (χ2v) is 7.78. The van der Waals surface area contributed by atoms with Crippen LogP contribution >= 0.6 is 0 Å². The Morgan fingerprint density at radius 3 is 2.26 bits per heavy atom. The fourth-order valence-corrected chi connectivity index (χ4v) is 3.94. The second kappa shape index (κ2) is 6.04. The molecule has 1 saturated heterocycles. The summed E-state index contributed by atoms with van der Waals surface area (Å²) in [6, 6.07) is 5.56. The molecule has 2 aliphatic rings. The molecule has 0 spiro atoms. The molecule has 3 rings (SSSR count). The van der Waals surface area contributed by atoms with Crippen LogP contribution in [-0.4, -0.2) is 28.3 Å². The van der Waals surface area contributed by atoms with Crippen LogP contribution in [0.15, 0.2) is 24.3 Å². The van der Waals surface area contributed by atoms with Gasteiger partial charge in [-0.1, -0.05) is 26.0 Å². The van der Waals surface area contributed by atoms with Crippen LogP contribution in [0.1, 0.15) is 39.2 Å². The monoisotopic (exact) mass is 375 g/mol. The third kappa shape index (κ3) is 2.65. The summed E-state index contributed by atoms with van der Waals surface area (Å²) in [6.45, 7) is 5.44. The van der Waals surface area contributed by atoms with Gasteiger partial charge in [-0.2, -0.15) is 0 Å². The van der Waals surface area contributed by atoms with Crippen molar-refractivity contribution in [2.24, 2.45) is 10.8 Å². The van der Waals surface area contributed by atoms with Crippen molar-refractivity contribution in [1.82, 2.24) is 10.9 Å². The number of carbonyl (C=O) groups is 3. The Balaban J connectivity index is 1.62. The minimum Gasteiger partial charge on any atom is -0.448 e. The van der Waals surface area contributed by atoms with Crippen LogP contribution in [0, 0.1) is 20.9 Å². The Labute approximate surface area is 155 Å². The van der Waals surface area contributed by atoms with Gasteiger partial charge in [0.1, 0.15) is 0 Å². The Kier molecular flexibility index (Phi) is 4.21. The molecule has 2 atom stereocenters. The maximum absolute atomic E-state index is 12.7. The number of nitrogens with zero attached hydrogens (tertiary/aromatic N) is 1. The summed E-state index contributed by atoms with van der Waals surface area (Å²) < 4.78 is 5.45. The van der Waals surface area contributed by atoms with Gasteiger partial charge in [0.2, 0.25) is 5.91 Å². The number of esters is 1. The van der Waals surface area contributed by atoms with Crippen LogP contribution in [0.2, 0.25) is 0 Å². The average molecular weight is 375 g/mol. The summed E-state index contributed by atoms with van der Waals surface area (Å²) in [5.41, 5.74) is 2.44. The Bertz CT molecular complexity index is 834. The van der Waals surface area contributed by atoms with Crippen molar-refractivity contribution < 1.29 is 24.0 Å². The van der Waals surface area contributed by atoms with Crippen molar-refractivity contribution in [2.75, 3.05) is 0 Å². The Morgan fingerprint density at radius 1 is 1.15 bits per heavy atom. The molecule has 2 N–H and O–H groups in total. The molecule has 1 aromatic carbocycles. The Hall–Kier alpha value is -2.97. The molecule has 2 bridgehead atoms. The van der Waals surface area contributed by atoms with Crippen molar-refractivity contribution in [3.8, 4) is 0 Å². The highest BCUT2D eigenvalue weighted by Crippen LogP contribution is 2.65. The zero-order valence-electron chi connectivity index (χ0n) is 15.3. The molecule has 27 heavy (non-hydrogen) atoms. The van der Waals surface area contributed by atoms with E-state index in [2.05, 4.69) is 10.9 Å². The quantitative estimate of drug-likeness (QED) is 0.465. The van der Waals surface area contributed by atoms with Gasteiger partial charge >= 0.3 is 5.97 Å². The molecule has 9 nitrogen and oxygen atoms in total. The predicted molar refractivity (Wildman–Crippen MR) is 93.0 cm³/mol. The van der Waals surface area contributed by atoms with Gasteiger partial charge in [-0.05, 0) is 25.3 Å². The van der Waals surface area contributed by atoms with Crippen LogP contribution < -0.4 is 10.9 Å². The number of amides is 2. The van der Waals surface area contributed by atoms with Crippen molar-refractivity contribution in [1.29, 1.82) is 0 Å². The minimum absolute atomic E-state index is 0.0633. The molecular formula is C18H21N3O6. The van der Waals surface area contributed by atoms with Crippen molar-refractivity contribution in [3.05, 3.63) is 39.9 Å². The molecule has 1 saturated carbocycles. The van der Waals surface area contributed by atoms with Crippen molar-refractivity contribution in [2.45, 2.75) is 45.6 Å². The highest BCUT2D eigenvalue weighted by atomic mass is 16.6. The number of nitrogens with one attached hydrogen (secondary N) is 2. The molecule has 2 amide bonds. The van der Waals surface area contributed by atoms with Gasteiger partial charge in [0.05, 0.1) is 16.8 Å². The number of rotatable bonds is 4. The number of hydrogen-bond donors (Lipinski definition) is 2. The number of non-ortho nitro benzene ring substituents is 1. The SMILES string of the molecule is CC12CCC(C(=O)NNC(=O)Cc3ccc([N+](=O)[O-])cc3)(OC1=O)C2(C)C. The fourth-order valence-electron chi connectivity index (χ4n) is 3.94. The average Bonchev–Trinajstić information content (AvgIpc) is 2.90. The summed E-state index contributed by atoms with van der Waals surface area (Å²) in [5, 5.41) is 10.6. The van der Waals surface area contributed by atoms with E-state index in [1.165, 1.54) is 24.3 Å². The fraction of sp³-hybridized carbons (Fsp3) is 0.500. The summed E-state index contributed by atoms with van der Waals surface area (Å²) in [7, 11) is 0. The van der Waals surface area contributed by atoms with Crippen LogP contribution in [0.4, 0.5) is 5.69 Å². The summed E-state index contributed by atoms with van der Waals surface area (Å²) in [5.74, 6) is -1.44. The normalized spacial score (nSPS) is 27.7. The zero-order chi connectivity index (χ0) is 20.0. The second-order valence-electron chi connectivity index (χ2n) is 7.78. The highest BCUT2D eigenvalue weighted by Gasteiger charge is 2.75. The summed E-state index contributed by atoms with van der Waals surface area (Å²) in [6.07, 6.45) is 0.876. The number of fused-ring (bicyclic) bond motifs is 2. The van der Waals surface area contributed by atoms with Crippen molar-refractivity contribution >= 4 is 23.5 Å². The van der Waals surface area contributed by atoms with Gasteiger partial charge in [-0.15, -0.1) is 0 Å². The topological polar surface area (TPSA) is 128 Å². The van der Waals surface area contributed by atoms with E-state index in [9.17, 15) is 24.5 Å². The van der Waals surface area contributed by atoms with E-state index in [0.717, 1.165) is 0 Å².